The van der Waals surface area contributed by atoms with Crippen molar-refractivity contribution >= 4 is 6.16 Å². The third kappa shape index (κ3) is 10.8. The summed E-state index contributed by atoms with van der Waals surface area (Å²) in [7, 11) is 0. The number of carbonyl (C=O) groups excluding carboxylic acids is 1. The molecule has 2 aromatic rings. The van der Waals surface area contributed by atoms with E-state index in [4.69, 9.17) is 19.2 Å². The zero-order valence-electron chi connectivity index (χ0n) is 20.6. The molecule has 0 aliphatic carbocycles. The Hall–Kier alpha value is -2.37. The largest absolute Gasteiger partial charge is 0.508 e. The van der Waals surface area contributed by atoms with Crippen LogP contribution in [0.25, 0.3) is 0 Å². The Kier molecular flexibility index (Phi) is 12.7. The van der Waals surface area contributed by atoms with Crippen molar-refractivity contribution in [3.63, 3.8) is 0 Å². The first kappa shape index (κ1) is 27.7. The van der Waals surface area contributed by atoms with Crippen molar-refractivity contribution < 1.29 is 24.0 Å². The monoisotopic (exact) mass is 444 g/mol. The molecule has 0 atom stereocenters. The molecular weight excluding hydrogens is 404 g/mol. The topological polar surface area (TPSA) is 54.0 Å². The predicted octanol–water partition coefficient (Wildman–Crippen LogP) is 7.55. The molecule has 0 fully saturated rings. The Morgan fingerprint density at radius 2 is 1.00 bits per heavy atom. The molecule has 0 radical (unpaired) electrons. The van der Waals surface area contributed by atoms with Crippen LogP contribution in [0.4, 0.5) is 4.79 Å². The number of carbonyl (C=O) groups is 1. The number of ether oxygens (including phenoxy) is 2. The smallest absolute Gasteiger partial charge is 0.434 e. The van der Waals surface area contributed by atoms with Gasteiger partial charge in [0.25, 0.3) is 0 Å². The van der Waals surface area contributed by atoms with Gasteiger partial charge in [-0.3, -0.25) is 0 Å². The zero-order valence-corrected chi connectivity index (χ0v) is 20.6. The molecule has 0 aromatic heterocycles. The fourth-order valence-corrected chi connectivity index (χ4v) is 2.62. The molecule has 0 amide bonds. The van der Waals surface area contributed by atoms with E-state index in [-0.39, 0.29) is 0 Å². The Balaban J connectivity index is 0.000000368. The maximum Gasteiger partial charge on any atom is 0.508 e. The lowest BCUT2D eigenvalue weighted by Gasteiger charge is -2.31. The lowest BCUT2D eigenvalue weighted by molar-refractivity contribution is -0.410. The third-order valence-corrected chi connectivity index (χ3v) is 4.83. The summed E-state index contributed by atoms with van der Waals surface area (Å²) in [4.78, 5) is 22.2. The van der Waals surface area contributed by atoms with Crippen molar-refractivity contribution in [2.24, 2.45) is 0 Å². The average Bonchev–Trinajstić information content (AvgIpc) is 2.80. The highest BCUT2D eigenvalue weighted by atomic mass is 17.2. The van der Waals surface area contributed by atoms with E-state index < -0.39 is 17.4 Å². The van der Waals surface area contributed by atoms with Crippen molar-refractivity contribution in [2.75, 3.05) is 13.2 Å². The first-order chi connectivity index (χ1) is 15.2. The maximum absolute atomic E-state index is 10.7. The average molecular weight is 445 g/mol. The Bertz CT molecular complexity index is 678. The number of benzene rings is 2. The summed E-state index contributed by atoms with van der Waals surface area (Å²) in [5.41, 5.74) is 1.19. The van der Waals surface area contributed by atoms with Crippen molar-refractivity contribution in [3.8, 4) is 0 Å². The van der Waals surface area contributed by atoms with Crippen LogP contribution in [0.1, 0.15) is 78.4 Å². The van der Waals surface area contributed by atoms with Crippen molar-refractivity contribution in [3.05, 3.63) is 71.8 Å². The molecule has 0 unspecified atom stereocenters. The quantitative estimate of drug-likeness (QED) is 0.155. The molecule has 0 N–H and O–H groups in total. The number of hydrogen-bond acceptors (Lipinski definition) is 5. The standard InChI is InChI=1S/C18H22O2.C9H18O3/c1-17(2,15-11-7-5-8-12-15)19-20-18(3,4)16-13-9-6-10-14-16;1-3-5-7-11-9(10)12-8-6-4-2/h5-14H,1-4H3;3-8H2,1-2H3. The van der Waals surface area contributed by atoms with Crippen LogP contribution < -0.4 is 0 Å². The van der Waals surface area contributed by atoms with Crippen molar-refractivity contribution in [1.82, 2.24) is 0 Å². The van der Waals surface area contributed by atoms with E-state index in [1.165, 1.54) is 0 Å². The summed E-state index contributed by atoms with van der Waals surface area (Å²) in [5, 5.41) is 0. The second-order valence-corrected chi connectivity index (χ2v) is 8.57. The summed E-state index contributed by atoms with van der Waals surface area (Å²) in [6, 6.07) is 20.2. The minimum Gasteiger partial charge on any atom is -0.434 e. The van der Waals surface area contributed by atoms with Gasteiger partial charge in [0.2, 0.25) is 0 Å². The van der Waals surface area contributed by atoms with Gasteiger partial charge in [0.1, 0.15) is 11.2 Å². The van der Waals surface area contributed by atoms with E-state index in [0.717, 1.165) is 36.8 Å². The van der Waals surface area contributed by atoms with Crippen LogP contribution in [0.2, 0.25) is 0 Å². The molecule has 2 aromatic carbocycles. The third-order valence-electron chi connectivity index (χ3n) is 4.83. The van der Waals surface area contributed by atoms with E-state index in [9.17, 15) is 4.79 Å². The minimum atomic E-state index is -0.531. The van der Waals surface area contributed by atoms with Gasteiger partial charge in [-0.1, -0.05) is 87.4 Å². The fraction of sp³-hybridized carbons (Fsp3) is 0.519. The van der Waals surface area contributed by atoms with Gasteiger partial charge in [0, 0.05) is 0 Å². The van der Waals surface area contributed by atoms with Gasteiger partial charge < -0.3 is 9.47 Å². The van der Waals surface area contributed by atoms with Gasteiger partial charge >= 0.3 is 6.16 Å². The molecule has 0 spiro atoms. The Labute approximate surface area is 194 Å². The van der Waals surface area contributed by atoms with Gasteiger partial charge in [0.05, 0.1) is 13.2 Å². The van der Waals surface area contributed by atoms with Crippen LogP contribution in [-0.2, 0) is 30.5 Å². The summed E-state index contributed by atoms with van der Waals surface area (Å²) < 4.78 is 9.54. The lowest BCUT2D eigenvalue weighted by Crippen LogP contribution is -2.29. The second-order valence-electron chi connectivity index (χ2n) is 8.57. The molecule has 0 saturated carbocycles. The van der Waals surface area contributed by atoms with Crippen molar-refractivity contribution in [2.45, 2.75) is 78.4 Å². The first-order valence-corrected chi connectivity index (χ1v) is 11.5. The van der Waals surface area contributed by atoms with E-state index in [0.29, 0.717) is 13.2 Å². The van der Waals surface area contributed by atoms with Crippen LogP contribution >= 0.6 is 0 Å². The van der Waals surface area contributed by atoms with Crippen LogP contribution in [-0.4, -0.2) is 19.4 Å². The highest BCUT2D eigenvalue weighted by molar-refractivity contribution is 5.59. The summed E-state index contributed by atoms with van der Waals surface area (Å²) in [6.07, 6.45) is 3.34. The summed E-state index contributed by atoms with van der Waals surface area (Å²) in [5.74, 6) is 0. The second kappa shape index (κ2) is 14.6. The summed E-state index contributed by atoms with van der Waals surface area (Å²) in [6.45, 7) is 13.1. The fourth-order valence-electron chi connectivity index (χ4n) is 2.62. The Morgan fingerprint density at radius 3 is 1.31 bits per heavy atom. The van der Waals surface area contributed by atoms with Gasteiger partial charge in [-0.15, -0.1) is 0 Å². The normalized spacial score (nSPS) is 11.3. The molecule has 0 saturated heterocycles. The zero-order chi connectivity index (χ0) is 23.9. The van der Waals surface area contributed by atoms with E-state index in [1.54, 1.807) is 0 Å². The SMILES string of the molecule is CC(C)(OOC(C)(C)c1ccccc1)c1ccccc1.CCCCOC(=O)OCCCC. The minimum absolute atomic E-state index is 0.474. The van der Waals surface area contributed by atoms with Crippen LogP contribution in [0, 0.1) is 0 Å². The van der Waals surface area contributed by atoms with Crippen LogP contribution in [0.5, 0.6) is 0 Å². The van der Waals surface area contributed by atoms with Crippen LogP contribution in [0.3, 0.4) is 0 Å². The van der Waals surface area contributed by atoms with Crippen molar-refractivity contribution in [1.29, 1.82) is 0 Å². The maximum atomic E-state index is 10.7. The Morgan fingerprint density at radius 1 is 0.656 bits per heavy atom. The molecule has 2 rings (SSSR count). The molecule has 5 heteroatoms. The van der Waals surface area contributed by atoms with E-state index in [2.05, 4.69) is 0 Å². The number of unbranched alkanes of at least 4 members (excludes halogenated alkanes) is 2. The van der Waals surface area contributed by atoms with Crippen LogP contribution in [0.15, 0.2) is 60.7 Å². The van der Waals surface area contributed by atoms with Gasteiger partial charge in [-0.2, -0.15) is 0 Å². The van der Waals surface area contributed by atoms with Gasteiger partial charge in [-0.05, 0) is 51.7 Å². The highest BCUT2D eigenvalue weighted by Gasteiger charge is 2.29. The predicted molar refractivity (Wildman–Crippen MR) is 128 cm³/mol. The van der Waals surface area contributed by atoms with Gasteiger partial charge in [-0.25, -0.2) is 14.6 Å². The molecule has 0 aliphatic heterocycles. The number of hydrogen-bond donors (Lipinski definition) is 0. The molecular formula is C27H40O5. The highest BCUT2D eigenvalue weighted by Crippen LogP contribution is 2.31. The summed E-state index contributed by atoms with van der Waals surface area (Å²) >= 11 is 0. The number of rotatable bonds is 11. The molecule has 0 heterocycles. The lowest BCUT2D eigenvalue weighted by atomic mass is 9.98. The molecule has 178 valence electrons. The molecule has 0 aliphatic rings. The molecule has 0 bridgehead atoms. The first-order valence-electron chi connectivity index (χ1n) is 11.5. The van der Waals surface area contributed by atoms with E-state index in [1.807, 2.05) is 102 Å². The molecule has 32 heavy (non-hydrogen) atoms. The molecule has 5 nitrogen and oxygen atoms in total. The van der Waals surface area contributed by atoms with Gasteiger partial charge in [0.15, 0.2) is 0 Å². The van der Waals surface area contributed by atoms with E-state index >= 15 is 0 Å².